The van der Waals surface area contributed by atoms with Gasteiger partial charge in [-0.2, -0.15) is 0 Å². The van der Waals surface area contributed by atoms with E-state index < -0.39 is 0 Å². The number of aromatic nitrogens is 4. The first kappa shape index (κ1) is 15.5. The minimum absolute atomic E-state index is 0.179. The van der Waals surface area contributed by atoms with Gasteiger partial charge in [-0.3, -0.25) is 9.78 Å². The lowest BCUT2D eigenvalue weighted by atomic mass is 10.1. The average molecular weight is 354 g/mol. The van der Waals surface area contributed by atoms with Gasteiger partial charge in [-0.05, 0) is 37.3 Å². The van der Waals surface area contributed by atoms with Gasteiger partial charge in [0.1, 0.15) is 17.1 Å². The zero-order valence-electron chi connectivity index (χ0n) is 14.4. The first-order chi connectivity index (χ1) is 13.2. The summed E-state index contributed by atoms with van der Waals surface area (Å²) in [6, 6.07) is 14.9. The van der Waals surface area contributed by atoms with Crippen LogP contribution in [-0.4, -0.2) is 19.9 Å². The van der Waals surface area contributed by atoms with E-state index in [1.165, 1.54) is 6.07 Å². The van der Waals surface area contributed by atoms with Crippen LogP contribution in [-0.2, 0) is 0 Å². The van der Waals surface area contributed by atoms with Gasteiger partial charge in [0.15, 0.2) is 16.9 Å². The molecule has 0 atom stereocenters. The maximum atomic E-state index is 12.3. The van der Waals surface area contributed by atoms with Crippen molar-refractivity contribution in [2.75, 3.05) is 0 Å². The van der Waals surface area contributed by atoms with Crippen molar-refractivity contribution < 1.29 is 4.42 Å². The van der Waals surface area contributed by atoms with E-state index >= 15 is 0 Å². The topological polar surface area (TPSA) is 84.7 Å². The molecule has 0 aliphatic rings. The Bertz CT molecular complexity index is 1370. The molecule has 5 rings (SSSR count). The molecule has 1 N–H and O–H groups in total. The van der Waals surface area contributed by atoms with Crippen LogP contribution in [0, 0.1) is 6.92 Å². The molecule has 6 nitrogen and oxygen atoms in total. The molecule has 1 aromatic carbocycles. The van der Waals surface area contributed by atoms with Crippen LogP contribution in [0.2, 0.25) is 0 Å². The highest BCUT2D eigenvalue weighted by molar-refractivity contribution is 5.88. The number of hydrogen-bond donors (Lipinski definition) is 1. The summed E-state index contributed by atoms with van der Waals surface area (Å²) >= 11 is 0. The van der Waals surface area contributed by atoms with E-state index in [0.717, 1.165) is 22.2 Å². The molecule has 0 bridgehead atoms. The molecule has 0 saturated heterocycles. The summed E-state index contributed by atoms with van der Waals surface area (Å²) in [5, 5.41) is 0.987. The SMILES string of the molecule is Cc1ccc(-c2nc3[nH]ccc(=O)c3nc2-c2ccc3ncccc3c2)o1. The Kier molecular flexibility index (Phi) is 3.36. The zero-order valence-corrected chi connectivity index (χ0v) is 14.4. The number of nitrogens with zero attached hydrogens (tertiary/aromatic N) is 3. The average Bonchev–Trinajstić information content (AvgIpc) is 3.13. The summed E-state index contributed by atoms with van der Waals surface area (Å²) in [5.74, 6) is 1.38. The molecular weight excluding hydrogens is 340 g/mol. The predicted molar refractivity (Wildman–Crippen MR) is 103 cm³/mol. The van der Waals surface area contributed by atoms with E-state index in [1.54, 1.807) is 12.4 Å². The van der Waals surface area contributed by atoms with E-state index in [1.807, 2.05) is 49.4 Å². The Balaban J connectivity index is 1.85. The van der Waals surface area contributed by atoms with Crippen LogP contribution in [0.4, 0.5) is 0 Å². The molecule has 0 spiro atoms. The molecule has 0 saturated carbocycles. The van der Waals surface area contributed by atoms with Gasteiger partial charge in [0.25, 0.3) is 0 Å². The third kappa shape index (κ3) is 2.58. The van der Waals surface area contributed by atoms with Gasteiger partial charge in [-0.15, -0.1) is 0 Å². The predicted octanol–water partition coefficient (Wildman–Crippen LogP) is 4.10. The quantitative estimate of drug-likeness (QED) is 0.516. The van der Waals surface area contributed by atoms with Crippen LogP contribution in [0.1, 0.15) is 5.76 Å². The standard InChI is InChI=1S/C21H14N4O2/c1-12-4-7-17(27-12)20-18(24-19-16(26)8-10-23-21(19)25-20)14-5-6-15-13(11-14)3-2-9-22-15/h2-11H,1H3,(H,23,25,26). The molecule has 0 radical (unpaired) electrons. The smallest absolute Gasteiger partial charge is 0.209 e. The highest BCUT2D eigenvalue weighted by atomic mass is 16.3. The zero-order chi connectivity index (χ0) is 18.4. The van der Waals surface area contributed by atoms with Gasteiger partial charge in [0, 0.05) is 29.4 Å². The maximum Gasteiger partial charge on any atom is 0.209 e. The summed E-state index contributed by atoms with van der Waals surface area (Å²) in [6.07, 6.45) is 3.33. The van der Waals surface area contributed by atoms with Gasteiger partial charge in [-0.1, -0.05) is 12.1 Å². The number of rotatable bonds is 2. The Morgan fingerprint density at radius 2 is 1.93 bits per heavy atom. The second-order valence-corrected chi connectivity index (χ2v) is 6.28. The van der Waals surface area contributed by atoms with E-state index in [4.69, 9.17) is 4.42 Å². The third-order valence-electron chi connectivity index (χ3n) is 4.43. The largest absolute Gasteiger partial charge is 0.460 e. The van der Waals surface area contributed by atoms with E-state index in [9.17, 15) is 4.79 Å². The molecule has 0 unspecified atom stereocenters. The first-order valence-corrected chi connectivity index (χ1v) is 8.50. The lowest BCUT2D eigenvalue weighted by Gasteiger charge is -2.09. The first-order valence-electron chi connectivity index (χ1n) is 8.50. The summed E-state index contributed by atoms with van der Waals surface area (Å²) < 4.78 is 5.79. The molecule has 0 amide bonds. The highest BCUT2D eigenvalue weighted by Gasteiger charge is 2.17. The lowest BCUT2D eigenvalue weighted by molar-refractivity contribution is 0.546. The Hall–Kier alpha value is -3.80. The number of aryl methyl sites for hydroxylation is 1. The van der Waals surface area contributed by atoms with Crippen molar-refractivity contribution >= 4 is 22.1 Å². The van der Waals surface area contributed by atoms with Gasteiger partial charge in [0.2, 0.25) is 5.43 Å². The molecule has 130 valence electrons. The van der Waals surface area contributed by atoms with Crippen molar-refractivity contribution in [3.8, 4) is 22.7 Å². The molecule has 6 heteroatoms. The molecule has 5 aromatic rings. The van der Waals surface area contributed by atoms with E-state index in [0.29, 0.717) is 28.3 Å². The van der Waals surface area contributed by atoms with Crippen molar-refractivity contribution in [2.24, 2.45) is 0 Å². The minimum atomic E-state index is -0.179. The number of pyridine rings is 2. The Morgan fingerprint density at radius 3 is 2.78 bits per heavy atom. The third-order valence-corrected chi connectivity index (χ3v) is 4.43. The van der Waals surface area contributed by atoms with Gasteiger partial charge >= 0.3 is 0 Å². The molecule has 27 heavy (non-hydrogen) atoms. The van der Waals surface area contributed by atoms with E-state index in [2.05, 4.69) is 19.9 Å². The van der Waals surface area contributed by atoms with Crippen molar-refractivity contribution in [1.29, 1.82) is 0 Å². The fourth-order valence-electron chi connectivity index (χ4n) is 3.14. The summed E-state index contributed by atoms with van der Waals surface area (Å²) in [4.78, 5) is 28.9. The molecule has 0 fully saturated rings. The Labute approximate surface area is 153 Å². The number of aromatic amines is 1. The van der Waals surface area contributed by atoms with Crippen LogP contribution in [0.3, 0.4) is 0 Å². The van der Waals surface area contributed by atoms with Gasteiger partial charge in [0.05, 0.1) is 5.52 Å². The minimum Gasteiger partial charge on any atom is -0.460 e. The molecular formula is C21H14N4O2. The second kappa shape index (κ2) is 5.88. The summed E-state index contributed by atoms with van der Waals surface area (Å²) in [7, 11) is 0. The van der Waals surface area contributed by atoms with Crippen LogP contribution >= 0.6 is 0 Å². The highest BCUT2D eigenvalue weighted by Crippen LogP contribution is 2.32. The molecule has 4 aromatic heterocycles. The fourth-order valence-corrected chi connectivity index (χ4v) is 3.14. The van der Waals surface area contributed by atoms with Crippen LogP contribution in [0.5, 0.6) is 0 Å². The molecule has 4 heterocycles. The van der Waals surface area contributed by atoms with Crippen molar-refractivity contribution in [2.45, 2.75) is 6.92 Å². The number of furan rings is 1. The van der Waals surface area contributed by atoms with Crippen molar-refractivity contribution in [1.82, 2.24) is 19.9 Å². The fraction of sp³-hybridized carbons (Fsp3) is 0.0476. The monoisotopic (exact) mass is 354 g/mol. The maximum absolute atomic E-state index is 12.3. The lowest BCUT2D eigenvalue weighted by Crippen LogP contribution is -2.06. The normalized spacial score (nSPS) is 11.3. The summed E-state index contributed by atoms with van der Waals surface area (Å²) in [5.41, 5.74) is 3.46. The van der Waals surface area contributed by atoms with Crippen LogP contribution < -0.4 is 5.43 Å². The molecule has 0 aliphatic carbocycles. The number of nitrogens with one attached hydrogen (secondary N) is 1. The van der Waals surface area contributed by atoms with Gasteiger partial charge < -0.3 is 9.40 Å². The summed E-state index contributed by atoms with van der Waals surface area (Å²) in [6.45, 7) is 1.88. The van der Waals surface area contributed by atoms with Crippen molar-refractivity contribution in [3.05, 3.63) is 76.9 Å². The van der Waals surface area contributed by atoms with Gasteiger partial charge in [-0.25, -0.2) is 9.97 Å². The number of benzene rings is 1. The number of H-pyrrole nitrogens is 1. The Morgan fingerprint density at radius 1 is 1.00 bits per heavy atom. The van der Waals surface area contributed by atoms with E-state index in [-0.39, 0.29) is 5.43 Å². The number of fused-ring (bicyclic) bond motifs is 2. The second-order valence-electron chi connectivity index (χ2n) is 6.28. The van der Waals surface area contributed by atoms with Crippen LogP contribution in [0.15, 0.2) is 70.1 Å². The van der Waals surface area contributed by atoms with Crippen molar-refractivity contribution in [3.63, 3.8) is 0 Å². The van der Waals surface area contributed by atoms with Crippen LogP contribution in [0.25, 0.3) is 44.8 Å². The number of hydrogen-bond acceptors (Lipinski definition) is 5. The molecule has 0 aliphatic heterocycles.